The maximum absolute atomic E-state index is 13.2. The third-order valence-electron chi connectivity index (χ3n) is 5.70. The van der Waals surface area contributed by atoms with Crippen LogP contribution in [0, 0.1) is 15.9 Å². The summed E-state index contributed by atoms with van der Waals surface area (Å²) in [7, 11) is 0. The number of nitro groups is 1. The second-order valence-electron chi connectivity index (χ2n) is 7.58. The Balaban J connectivity index is 1.50. The Morgan fingerprint density at radius 2 is 1.66 bits per heavy atom. The lowest BCUT2D eigenvalue weighted by Crippen LogP contribution is -2.47. The molecular formula is C20H25FN6O2. The Morgan fingerprint density at radius 1 is 1.00 bits per heavy atom. The van der Waals surface area contributed by atoms with E-state index in [4.69, 9.17) is 0 Å². The molecule has 1 N–H and O–H groups in total. The molecule has 0 spiro atoms. The van der Waals surface area contributed by atoms with Crippen molar-refractivity contribution in [2.75, 3.05) is 41.3 Å². The molecule has 0 atom stereocenters. The van der Waals surface area contributed by atoms with Gasteiger partial charge in [-0.3, -0.25) is 10.1 Å². The van der Waals surface area contributed by atoms with Gasteiger partial charge in [0.1, 0.15) is 12.1 Å². The van der Waals surface area contributed by atoms with E-state index in [1.165, 1.54) is 24.9 Å². The summed E-state index contributed by atoms with van der Waals surface area (Å²) in [5, 5.41) is 15.1. The van der Waals surface area contributed by atoms with Gasteiger partial charge in [-0.15, -0.1) is 0 Å². The molecule has 0 unspecified atom stereocenters. The molecule has 29 heavy (non-hydrogen) atoms. The first-order valence-corrected chi connectivity index (χ1v) is 10.1. The number of piperazine rings is 1. The average molecular weight is 400 g/mol. The first-order chi connectivity index (χ1) is 14.1. The van der Waals surface area contributed by atoms with E-state index in [2.05, 4.69) is 20.2 Å². The summed E-state index contributed by atoms with van der Waals surface area (Å²) in [5.74, 6) is 0.414. The lowest BCUT2D eigenvalue weighted by atomic mass is 9.95. The van der Waals surface area contributed by atoms with Crippen molar-refractivity contribution in [3.63, 3.8) is 0 Å². The van der Waals surface area contributed by atoms with Gasteiger partial charge in [0.15, 0.2) is 0 Å². The maximum Gasteiger partial charge on any atom is 0.353 e. The lowest BCUT2D eigenvalue weighted by Gasteiger charge is -2.36. The van der Waals surface area contributed by atoms with Gasteiger partial charge in [-0.25, -0.2) is 14.4 Å². The molecule has 2 heterocycles. The SMILES string of the molecule is O=[N+]([O-])c1c(NC2CCCCC2)ncnc1N1CCN(c2ccc(F)cc2)CC1. The van der Waals surface area contributed by atoms with E-state index in [-0.39, 0.29) is 22.5 Å². The van der Waals surface area contributed by atoms with Crippen LogP contribution in [-0.4, -0.2) is 47.1 Å². The van der Waals surface area contributed by atoms with Crippen LogP contribution >= 0.6 is 0 Å². The Hall–Kier alpha value is -2.97. The summed E-state index contributed by atoms with van der Waals surface area (Å²) in [6.07, 6.45) is 6.90. The van der Waals surface area contributed by atoms with Crippen molar-refractivity contribution in [2.45, 2.75) is 38.1 Å². The van der Waals surface area contributed by atoms with Crippen LogP contribution < -0.4 is 15.1 Å². The van der Waals surface area contributed by atoms with Gasteiger partial charge in [0.25, 0.3) is 0 Å². The standard InChI is InChI=1S/C20H25FN6O2/c21-15-6-8-17(9-7-15)25-10-12-26(13-11-25)20-18(27(28)29)19(22-14-23-20)24-16-4-2-1-3-5-16/h6-9,14,16H,1-5,10-13H2,(H,22,23,24). The number of nitrogens with zero attached hydrogens (tertiary/aromatic N) is 5. The zero-order valence-electron chi connectivity index (χ0n) is 16.3. The van der Waals surface area contributed by atoms with E-state index < -0.39 is 0 Å². The molecule has 8 nitrogen and oxygen atoms in total. The third-order valence-corrected chi connectivity index (χ3v) is 5.70. The molecule has 154 valence electrons. The molecule has 2 aromatic rings. The first kappa shape index (κ1) is 19.4. The zero-order valence-corrected chi connectivity index (χ0v) is 16.3. The summed E-state index contributed by atoms with van der Waals surface area (Å²) in [4.78, 5) is 24.0. The Labute approximate surface area is 168 Å². The third kappa shape index (κ3) is 4.38. The van der Waals surface area contributed by atoms with Gasteiger partial charge >= 0.3 is 5.69 Å². The van der Waals surface area contributed by atoms with Crippen LogP contribution in [0.4, 0.5) is 27.4 Å². The van der Waals surface area contributed by atoms with Gasteiger partial charge in [-0.2, -0.15) is 0 Å². The Bertz CT molecular complexity index is 849. The molecular weight excluding hydrogens is 375 g/mol. The summed E-state index contributed by atoms with van der Waals surface area (Å²) < 4.78 is 13.2. The normalized spacial score (nSPS) is 18.0. The van der Waals surface area contributed by atoms with Crippen LogP contribution in [0.15, 0.2) is 30.6 Å². The van der Waals surface area contributed by atoms with E-state index in [1.54, 1.807) is 12.1 Å². The molecule has 9 heteroatoms. The molecule has 1 aromatic heterocycles. The van der Waals surface area contributed by atoms with E-state index in [0.717, 1.165) is 31.4 Å². The predicted octanol–water partition coefficient (Wildman–Crippen LogP) is 3.60. The maximum atomic E-state index is 13.2. The highest BCUT2D eigenvalue weighted by atomic mass is 19.1. The van der Waals surface area contributed by atoms with Gasteiger partial charge in [0.2, 0.25) is 11.6 Å². The lowest BCUT2D eigenvalue weighted by molar-refractivity contribution is -0.383. The van der Waals surface area contributed by atoms with E-state index in [0.29, 0.717) is 37.8 Å². The molecule has 2 aliphatic rings. The van der Waals surface area contributed by atoms with Crippen molar-refractivity contribution < 1.29 is 9.31 Å². The molecule has 1 aliphatic carbocycles. The van der Waals surface area contributed by atoms with Crippen molar-refractivity contribution >= 4 is 23.0 Å². The molecule has 0 bridgehead atoms. The molecule has 1 aromatic carbocycles. The quantitative estimate of drug-likeness (QED) is 0.606. The highest BCUT2D eigenvalue weighted by Gasteiger charge is 2.30. The number of benzene rings is 1. The van der Waals surface area contributed by atoms with Crippen LogP contribution in [0.1, 0.15) is 32.1 Å². The number of aromatic nitrogens is 2. The van der Waals surface area contributed by atoms with E-state index in [9.17, 15) is 14.5 Å². The number of halogens is 1. The summed E-state index contributed by atoms with van der Waals surface area (Å²) >= 11 is 0. The number of nitrogens with one attached hydrogen (secondary N) is 1. The zero-order chi connectivity index (χ0) is 20.2. The molecule has 1 aliphatic heterocycles. The number of hydrogen-bond acceptors (Lipinski definition) is 7. The van der Waals surface area contributed by atoms with Crippen molar-refractivity contribution in [3.05, 3.63) is 46.5 Å². The van der Waals surface area contributed by atoms with Gasteiger partial charge in [0.05, 0.1) is 4.92 Å². The Kier molecular flexibility index (Phi) is 5.73. The molecule has 2 fully saturated rings. The molecule has 0 amide bonds. The molecule has 0 radical (unpaired) electrons. The van der Waals surface area contributed by atoms with Crippen molar-refractivity contribution in [1.82, 2.24) is 9.97 Å². The highest BCUT2D eigenvalue weighted by Crippen LogP contribution is 2.34. The minimum absolute atomic E-state index is 0.0479. The number of hydrogen-bond donors (Lipinski definition) is 1. The molecule has 1 saturated heterocycles. The van der Waals surface area contributed by atoms with Gasteiger partial charge < -0.3 is 15.1 Å². The van der Waals surface area contributed by atoms with Crippen molar-refractivity contribution in [2.24, 2.45) is 0 Å². The van der Waals surface area contributed by atoms with Crippen molar-refractivity contribution in [3.8, 4) is 0 Å². The molecule has 4 rings (SSSR count). The van der Waals surface area contributed by atoms with Gasteiger partial charge in [0, 0.05) is 37.9 Å². The summed E-state index contributed by atoms with van der Waals surface area (Å²) in [6, 6.07) is 6.62. The van der Waals surface area contributed by atoms with E-state index >= 15 is 0 Å². The summed E-state index contributed by atoms with van der Waals surface area (Å²) in [5.41, 5.74) is 0.899. The van der Waals surface area contributed by atoms with Gasteiger partial charge in [-0.05, 0) is 37.1 Å². The van der Waals surface area contributed by atoms with E-state index in [1.807, 2.05) is 4.90 Å². The first-order valence-electron chi connectivity index (χ1n) is 10.1. The predicted molar refractivity (Wildman–Crippen MR) is 110 cm³/mol. The second kappa shape index (κ2) is 8.59. The van der Waals surface area contributed by atoms with Crippen LogP contribution in [0.25, 0.3) is 0 Å². The Morgan fingerprint density at radius 3 is 2.31 bits per heavy atom. The minimum atomic E-state index is -0.382. The van der Waals surface area contributed by atoms with Crippen LogP contribution in [0.3, 0.4) is 0 Å². The summed E-state index contributed by atoms with van der Waals surface area (Å²) in [6.45, 7) is 2.55. The van der Waals surface area contributed by atoms with Crippen molar-refractivity contribution in [1.29, 1.82) is 0 Å². The fourth-order valence-electron chi connectivity index (χ4n) is 4.14. The van der Waals surface area contributed by atoms with Crippen LogP contribution in [0.5, 0.6) is 0 Å². The highest BCUT2D eigenvalue weighted by molar-refractivity contribution is 5.71. The minimum Gasteiger partial charge on any atom is -0.368 e. The largest absolute Gasteiger partial charge is 0.368 e. The van der Waals surface area contributed by atoms with Crippen LogP contribution in [-0.2, 0) is 0 Å². The number of anilines is 3. The number of rotatable bonds is 5. The smallest absolute Gasteiger partial charge is 0.353 e. The molecule has 1 saturated carbocycles. The topological polar surface area (TPSA) is 87.4 Å². The monoisotopic (exact) mass is 400 g/mol. The fraction of sp³-hybridized carbons (Fsp3) is 0.500. The van der Waals surface area contributed by atoms with Crippen LogP contribution in [0.2, 0.25) is 0 Å². The average Bonchev–Trinajstić information content (AvgIpc) is 2.75. The van der Waals surface area contributed by atoms with Gasteiger partial charge in [-0.1, -0.05) is 19.3 Å². The fourth-order valence-corrected chi connectivity index (χ4v) is 4.14. The second-order valence-corrected chi connectivity index (χ2v) is 7.58.